The first-order chi connectivity index (χ1) is 11.7. The van der Waals surface area contributed by atoms with Crippen LogP contribution in [0.2, 0.25) is 0 Å². The molecular weight excluding hydrogens is 316 g/mol. The number of hydrogen-bond acceptors (Lipinski definition) is 3. The Labute approximate surface area is 148 Å². The summed E-state index contributed by atoms with van der Waals surface area (Å²) >= 11 is 0. The number of aryl methyl sites for hydroxylation is 3. The van der Waals surface area contributed by atoms with E-state index in [0.29, 0.717) is 0 Å². The zero-order valence-corrected chi connectivity index (χ0v) is 16.2. The fourth-order valence-electron chi connectivity index (χ4n) is 3.60. The van der Waals surface area contributed by atoms with E-state index in [1.807, 2.05) is 46.2 Å². The number of carbonyl (C=O) groups is 1. The van der Waals surface area contributed by atoms with Crippen LogP contribution in [0, 0.1) is 20.8 Å². The molecule has 2 aromatic heterocycles. The van der Waals surface area contributed by atoms with E-state index in [9.17, 15) is 9.59 Å². The number of pyridine rings is 1. The fraction of sp³-hybridized carbons (Fsp3) is 0.526. The lowest BCUT2D eigenvalue weighted by Crippen LogP contribution is -2.35. The molecule has 6 heteroatoms. The maximum atomic E-state index is 12.7. The third-order valence-corrected chi connectivity index (χ3v) is 4.85. The van der Waals surface area contributed by atoms with Crippen LogP contribution in [-0.4, -0.2) is 20.3 Å². The highest BCUT2D eigenvalue weighted by molar-refractivity contribution is 5.94. The van der Waals surface area contributed by atoms with Crippen molar-refractivity contribution in [1.29, 1.82) is 0 Å². The van der Waals surface area contributed by atoms with Crippen LogP contribution in [0.25, 0.3) is 0 Å². The average molecular weight is 344 g/mol. The van der Waals surface area contributed by atoms with Gasteiger partial charge in [0.2, 0.25) is 0 Å². The van der Waals surface area contributed by atoms with Crippen molar-refractivity contribution < 1.29 is 4.79 Å². The Morgan fingerprint density at radius 3 is 2.44 bits per heavy atom. The SMILES string of the molecule is CCc1c(C)cc(C(=O)NC(C)c2c(C)nn(CC)c2C)c(=O)n1C. The van der Waals surface area contributed by atoms with Crippen molar-refractivity contribution in [2.45, 2.75) is 60.5 Å². The van der Waals surface area contributed by atoms with Gasteiger partial charge in [-0.3, -0.25) is 14.3 Å². The standard InChI is InChI=1S/C19H28N4O2/c1-8-16-11(3)10-15(19(25)22(16)7)18(24)20-12(4)17-13(5)21-23(9-2)14(17)6/h10,12H,8-9H2,1-7H3,(H,20,24). The summed E-state index contributed by atoms with van der Waals surface area (Å²) in [6.45, 7) is 12.6. The summed E-state index contributed by atoms with van der Waals surface area (Å²) in [6.07, 6.45) is 0.754. The molecule has 6 nitrogen and oxygen atoms in total. The molecular formula is C19H28N4O2. The zero-order valence-electron chi connectivity index (χ0n) is 16.2. The van der Waals surface area contributed by atoms with E-state index in [1.54, 1.807) is 17.7 Å². The van der Waals surface area contributed by atoms with Gasteiger partial charge in [0.1, 0.15) is 5.56 Å². The lowest BCUT2D eigenvalue weighted by Gasteiger charge is -2.17. The Kier molecular flexibility index (Phi) is 5.50. The van der Waals surface area contributed by atoms with Gasteiger partial charge in [0.15, 0.2) is 0 Å². The van der Waals surface area contributed by atoms with Gasteiger partial charge >= 0.3 is 0 Å². The zero-order chi connectivity index (χ0) is 18.9. The number of carbonyl (C=O) groups excluding carboxylic acids is 1. The molecule has 136 valence electrons. The van der Waals surface area contributed by atoms with Crippen molar-refractivity contribution in [2.24, 2.45) is 7.05 Å². The molecule has 0 aromatic carbocycles. The van der Waals surface area contributed by atoms with Crippen LogP contribution >= 0.6 is 0 Å². The van der Waals surface area contributed by atoms with E-state index in [-0.39, 0.29) is 23.1 Å². The van der Waals surface area contributed by atoms with E-state index in [1.165, 1.54) is 0 Å². The molecule has 0 radical (unpaired) electrons. The molecule has 2 aromatic rings. The normalized spacial score (nSPS) is 12.3. The molecule has 0 saturated heterocycles. The fourth-order valence-corrected chi connectivity index (χ4v) is 3.60. The number of aromatic nitrogens is 3. The van der Waals surface area contributed by atoms with E-state index in [2.05, 4.69) is 10.4 Å². The van der Waals surface area contributed by atoms with Crippen LogP contribution in [0.5, 0.6) is 0 Å². The molecule has 2 rings (SSSR count). The monoisotopic (exact) mass is 344 g/mol. The second-order valence-electron chi connectivity index (χ2n) is 6.50. The Morgan fingerprint density at radius 1 is 1.28 bits per heavy atom. The second kappa shape index (κ2) is 7.25. The van der Waals surface area contributed by atoms with Gasteiger partial charge in [-0.15, -0.1) is 0 Å². The summed E-state index contributed by atoms with van der Waals surface area (Å²) in [5.74, 6) is -0.345. The van der Waals surface area contributed by atoms with Crippen LogP contribution in [0.3, 0.4) is 0 Å². The number of hydrogen-bond donors (Lipinski definition) is 1. The molecule has 25 heavy (non-hydrogen) atoms. The van der Waals surface area contributed by atoms with Crippen molar-refractivity contribution in [1.82, 2.24) is 19.7 Å². The maximum Gasteiger partial charge on any atom is 0.263 e. The lowest BCUT2D eigenvalue weighted by atomic mass is 10.0. The lowest BCUT2D eigenvalue weighted by molar-refractivity contribution is 0.0937. The molecule has 1 amide bonds. The smallest absolute Gasteiger partial charge is 0.263 e. The van der Waals surface area contributed by atoms with E-state index in [0.717, 1.165) is 41.2 Å². The third kappa shape index (κ3) is 3.38. The van der Waals surface area contributed by atoms with Crippen molar-refractivity contribution in [3.8, 4) is 0 Å². The van der Waals surface area contributed by atoms with E-state index in [4.69, 9.17) is 0 Å². The van der Waals surface area contributed by atoms with Gasteiger partial charge in [-0.25, -0.2) is 0 Å². The molecule has 0 bridgehead atoms. The highest BCUT2D eigenvalue weighted by Crippen LogP contribution is 2.21. The molecule has 2 heterocycles. The van der Waals surface area contributed by atoms with Crippen LogP contribution in [0.1, 0.15) is 65.4 Å². The van der Waals surface area contributed by atoms with Gasteiger partial charge in [0.05, 0.1) is 11.7 Å². The highest BCUT2D eigenvalue weighted by Gasteiger charge is 2.21. The van der Waals surface area contributed by atoms with Gasteiger partial charge < -0.3 is 9.88 Å². The molecule has 0 aliphatic carbocycles. The molecule has 0 fully saturated rings. The maximum absolute atomic E-state index is 12.7. The van der Waals surface area contributed by atoms with Gasteiger partial charge in [0, 0.05) is 30.5 Å². The number of nitrogens with zero attached hydrogens (tertiary/aromatic N) is 3. The van der Waals surface area contributed by atoms with E-state index >= 15 is 0 Å². The van der Waals surface area contributed by atoms with Crippen LogP contribution in [-0.2, 0) is 20.0 Å². The Balaban J connectivity index is 2.35. The summed E-state index contributed by atoms with van der Waals surface area (Å²) in [6, 6.07) is 1.47. The summed E-state index contributed by atoms with van der Waals surface area (Å²) in [5, 5.41) is 7.46. The molecule has 1 unspecified atom stereocenters. The number of rotatable bonds is 5. The summed E-state index contributed by atoms with van der Waals surface area (Å²) in [4.78, 5) is 25.2. The summed E-state index contributed by atoms with van der Waals surface area (Å²) < 4.78 is 3.49. The quantitative estimate of drug-likeness (QED) is 0.906. The molecule has 1 atom stereocenters. The summed E-state index contributed by atoms with van der Waals surface area (Å²) in [5.41, 5.74) is 4.77. The molecule has 0 spiro atoms. The number of amides is 1. The van der Waals surface area contributed by atoms with Crippen molar-refractivity contribution in [3.05, 3.63) is 50.2 Å². The van der Waals surface area contributed by atoms with Crippen LogP contribution in [0.15, 0.2) is 10.9 Å². The first-order valence-corrected chi connectivity index (χ1v) is 8.77. The topological polar surface area (TPSA) is 68.9 Å². The summed E-state index contributed by atoms with van der Waals surface area (Å²) in [7, 11) is 1.72. The van der Waals surface area contributed by atoms with Gasteiger partial charge in [-0.2, -0.15) is 5.10 Å². The minimum Gasteiger partial charge on any atom is -0.345 e. The number of nitrogens with one attached hydrogen (secondary N) is 1. The predicted octanol–water partition coefficient (Wildman–Crippen LogP) is 2.58. The third-order valence-electron chi connectivity index (χ3n) is 4.85. The van der Waals surface area contributed by atoms with Gasteiger partial charge in [-0.1, -0.05) is 6.92 Å². The Morgan fingerprint density at radius 2 is 1.92 bits per heavy atom. The Hall–Kier alpha value is -2.37. The Bertz CT molecular complexity index is 861. The molecule has 0 aliphatic heterocycles. The minimum atomic E-state index is -0.345. The first-order valence-electron chi connectivity index (χ1n) is 8.77. The van der Waals surface area contributed by atoms with Crippen LogP contribution in [0.4, 0.5) is 0 Å². The second-order valence-corrected chi connectivity index (χ2v) is 6.50. The highest BCUT2D eigenvalue weighted by atomic mass is 16.2. The first kappa shape index (κ1) is 19.0. The van der Waals surface area contributed by atoms with Crippen molar-refractivity contribution in [2.75, 3.05) is 0 Å². The van der Waals surface area contributed by atoms with E-state index < -0.39 is 0 Å². The minimum absolute atomic E-state index is 0.183. The molecule has 1 N–H and O–H groups in total. The largest absolute Gasteiger partial charge is 0.345 e. The predicted molar refractivity (Wildman–Crippen MR) is 99.1 cm³/mol. The van der Waals surface area contributed by atoms with Gasteiger partial charge in [0.25, 0.3) is 11.5 Å². The van der Waals surface area contributed by atoms with Crippen molar-refractivity contribution in [3.63, 3.8) is 0 Å². The van der Waals surface area contributed by atoms with Crippen LogP contribution < -0.4 is 10.9 Å². The molecule has 0 aliphatic rings. The average Bonchev–Trinajstić information content (AvgIpc) is 2.85. The van der Waals surface area contributed by atoms with Crippen molar-refractivity contribution >= 4 is 5.91 Å². The van der Waals surface area contributed by atoms with Gasteiger partial charge in [-0.05, 0) is 52.7 Å². The molecule has 0 saturated carbocycles.